The molecule has 1 fully saturated rings. The summed E-state index contributed by atoms with van der Waals surface area (Å²) in [7, 11) is 3.35. The second kappa shape index (κ2) is 9.94. The molecule has 6 heteroatoms. The maximum Gasteiger partial charge on any atom is 0.307 e. The highest BCUT2D eigenvalue weighted by atomic mass is 32.1. The third-order valence-corrected chi connectivity index (χ3v) is 6.50. The summed E-state index contributed by atoms with van der Waals surface area (Å²) in [6, 6.07) is 7.99. The Morgan fingerprint density at radius 1 is 1.31 bits per heavy atom. The van der Waals surface area contributed by atoms with E-state index in [1.807, 2.05) is 18.2 Å². The van der Waals surface area contributed by atoms with E-state index in [1.54, 1.807) is 25.6 Å². The lowest BCUT2D eigenvalue weighted by Crippen LogP contribution is -2.39. The normalized spacial score (nSPS) is 17.9. The first kappa shape index (κ1) is 21.4. The predicted molar refractivity (Wildman–Crippen MR) is 117 cm³/mol. The number of thiophene rings is 1. The van der Waals surface area contributed by atoms with Crippen LogP contribution in [-0.4, -0.2) is 49.8 Å². The number of benzene rings is 1. The second-order valence-corrected chi connectivity index (χ2v) is 8.30. The number of likely N-dealkylation sites (tertiary alicyclic amines) is 1. The highest BCUT2D eigenvalue weighted by Crippen LogP contribution is 2.37. The molecule has 156 valence electrons. The molecule has 0 spiro atoms. The Balaban J connectivity index is 1.86. The number of carboxylic acids is 1. The molecule has 1 atom stereocenters. The van der Waals surface area contributed by atoms with Crippen molar-refractivity contribution >= 4 is 22.9 Å². The number of methoxy groups -OCH3 is 2. The number of aryl methyl sites for hydroxylation is 1. The van der Waals surface area contributed by atoms with Gasteiger partial charge >= 0.3 is 5.97 Å². The van der Waals surface area contributed by atoms with Gasteiger partial charge in [-0.1, -0.05) is 6.08 Å². The lowest BCUT2D eigenvalue weighted by molar-refractivity contribution is -0.143. The van der Waals surface area contributed by atoms with Crippen LogP contribution in [0, 0.1) is 12.8 Å². The molecule has 2 heterocycles. The van der Waals surface area contributed by atoms with Gasteiger partial charge in [0.25, 0.3) is 0 Å². The van der Waals surface area contributed by atoms with E-state index in [4.69, 9.17) is 9.47 Å². The van der Waals surface area contributed by atoms with E-state index in [-0.39, 0.29) is 5.92 Å². The quantitative estimate of drug-likeness (QED) is 0.678. The number of hydrogen-bond donors (Lipinski definition) is 1. The minimum Gasteiger partial charge on any atom is -0.497 e. The first-order valence-corrected chi connectivity index (χ1v) is 10.8. The largest absolute Gasteiger partial charge is 0.497 e. The van der Waals surface area contributed by atoms with Crippen LogP contribution in [0.5, 0.6) is 11.5 Å². The highest BCUT2D eigenvalue weighted by molar-refractivity contribution is 7.11. The van der Waals surface area contributed by atoms with Crippen molar-refractivity contribution in [1.29, 1.82) is 0 Å². The van der Waals surface area contributed by atoms with Crippen LogP contribution in [0.2, 0.25) is 0 Å². The van der Waals surface area contributed by atoms with Gasteiger partial charge in [-0.25, -0.2) is 0 Å². The number of piperidine rings is 1. The second-order valence-electron chi connectivity index (χ2n) is 7.38. The van der Waals surface area contributed by atoms with Crippen LogP contribution in [0.3, 0.4) is 0 Å². The molecular formula is C23H29NO4S. The molecule has 5 nitrogen and oxygen atoms in total. The molecule has 1 unspecified atom stereocenters. The highest BCUT2D eigenvalue weighted by Gasteiger charge is 2.25. The van der Waals surface area contributed by atoms with E-state index in [0.717, 1.165) is 55.0 Å². The van der Waals surface area contributed by atoms with Crippen molar-refractivity contribution in [3.63, 3.8) is 0 Å². The van der Waals surface area contributed by atoms with Crippen molar-refractivity contribution in [3.8, 4) is 11.5 Å². The van der Waals surface area contributed by atoms with Gasteiger partial charge in [0.05, 0.1) is 20.1 Å². The third kappa shape index (κ3) is 5.19. The van der Waals surface area contributed by atoms with Crippen LogP contribution in [0.25, 0.3) is 5.57 Å². The lowest BCUT2D eigenvalue weighted by Gasteiger charge is -2.30. The number of rotatable bonds is 8. The Kier molecular flexibility index (Phi) is 7.34. The minimum absolute atomic E-state index is 0.245. The minimum atomic E-state index is -0.679. The third-order valence-electron chi connectivity index (χ3n) is 5.45. The molecule has 1 saturated heterocycles. The lowest BCUT2D eigenvalue weighted by atomic mass is 9.97. The molecule has 1 aromatic carbocycles. The molecule has 1 N–H and O–H groups in total. The van der Waals surface area contributed by atoms with Crippen LogP contribution in [0.4, 0.5) is 0 Å². The standard InChI is InChI=1S/C23H29NO4S/c1-16-10-13-29-22(16)19(20-14-18(27-2)8-9-21(20)28-3)7-5-12-24-11-4-6-17(15-24)23(25)26/h7-10,13-14,17H,4-6,11-12,15H2,1-3H3,(H,25,26)/b19-7-. The summed E-state index contributed by atoms with van der Waals surface area (Å²) in [6.45, 7) is 4.57. The van der Waals surface area contributed by atoms with Crippen molar-refractivity contribution in [2.24, 2.45) is 5.92 Å². The Labute approximate surface area is 176 Å². The molecule has 29 heavy (non-hydrogen) atoms. The maximum absolute atomic E-state index is 11.3. The zero-order valence-electron chi connectivity index (χ0n) is 17.3. The van der Waals surface area contributed by atoms with Crippen molar-refractivity contribution in [3.05, 3.63) is 51.7 Å². The van der Waals surface area contributed by atoms with Crippen LogP contribution in [-0.2, 0) is 4.79 Å². The molecule has 0 bridgehead atoms. The number of nitrogens with zero attached hydrogens (tertiary/aromatic N) is 1. The Morgan fingerprint density at radius 3 is 2.79 bits per heavy atom. The van der Waals surface area contributed by atoms with Crippen LogP contribution < -0.4 is 9.47 Å². The average Bonchev–Trinajstić information content (AvgIpc) is 3.16. The van der Waals surface area contributed by atoms with E-state index in [1.165, 1.54) is 10.4 Å². The topological polar surface area (TPSA) is 59.0 Å². The maximum atomic E-state index is 11.3. The van der Waals surface area contributed by atoms with Gasteiger partial charge in [0.2, 0.25) is 0 Å². The number of carboxylic acid groups (broad SMARTS) is 1. The van der Waals surface area contributed by atoms with Crippen molar-refractivity contribution in [2.45, 2.75) is 26.2 Å². The number of carbonyl (C=O) groups is 1. The number of aliphatic carboxylic acids is 1. The molecule has 1 aliphatic heterocycles. The molecule has 1 aliphatic rings. The van der Waals surface area contributed by atoms with E-state index < -0.39 is 5.97 Å². The molecule has 1 aromatic heterocycles. The van der Waals surface area contributed by atoms with Crippen LogP contribution in [0.15, 0.2) is 35.7 Å². The molecule has 3 rings (SSSR count). The molecule has 0 amide bonds. The molecule has 0 aliphatic carbocycles. The van der Waals surface area contributed by atoms with Gasteiger partial charge in [-0.3, -0.25) is 4.79 Å². The first-order valence-electron chi connectivity index (χ1n) is 9.95. The van der Waals surface area contributed by atoms with E-state index in [0.29, 0.717) is 6.54 Å². The number of hydrogen-bond acceptors (Lipinski definition) is 5. The van der Waals surface area contributed by atoms with Crippen LogP contribution >= 0.6 is 11.3 Å². The molecule has 0 radical (unpaired) electrons. The van der Waals surface area contributed by atoms with Gasteiger partial charge in [0.1, 0.15) is 11.5 Å². The average molecular weight is 416 g/mol. The molecule has 0 saturated carbocycles. The van der Waals surface area contributed by atoms with E-state index >= 15 is 0 Å². The summed E-state index contributed by atoms with van der Waals surface area (Å²) < 4.78 is 11.1. The van der Waals surface area contributed by atoms with E-state index in [9.17, 15) is 9.90 Å². The van der Waals surface area contributed by atoms with Gasteiger partial charge in [-0.2, -0.15) is 0 Å². The fraction of sp³-hybridized carbons (Fsp3) is 0.435. The summed E-state index contributed by atoms with van der Waals surface area (Å²) >= 11 is 1.72. The van der Waals surface area contributed by atoms with Gasteiger partial charge in [0.15, 0.2) is 0 Å². The van der Waals surface area contributed by atoms with Gasteiger partial charge < -0.3 is 19.5 Å². The summed E-state index contributed by atoms with van der Waals surface area (Å²) in [5.41, 5.74) is 3.38. The summed E-state index contributed by atoms with van der Waals surface area (Å²) in [4.78, 5) is 14.8. The van der Waals surface area contributed by atoms with Gasteiger partial charge in [-0.05, 0) is 73.5 Å². The molecular weight excluding hydrogens is 386 g/mol. The summed E-state index contributed by atoms with van der Waals surface area (Å²) in [5, 5.41) is 11.4. The van der Waals surface area contributed by atoms with Crippen molar-refractivity contribution in [2.75, 3.05) is 33.9 Å². The summed E-state index contributed by atoms with van der Waals surface area (Å²) in [5.74, 6) is 0.682. The molecule has 2 aromatic rings. The number of ether oxygens (including phenoxy) is 2. The monoisotopic (exact) mass is 415 g/mol. The fourth-order valence-corrected chi connectivity index (χ4v) is 4.83. The Bertz CT molecular complexity index is 874. The van der Waals surface area contributed by atoms with Gasteiger partial charge in [-0.15, -0.1) is 11.3 Å². The smallest absolute Gasteiger partial charge is 0.307 e. The fourth-order valence-electron chi connectivity index (χ4n) is 3.85. The predicted octanol–water partition coefficient (Wildman–Crippen LogP) is 4.69. The zero-order valence-corrected chi connectivity index (χ0v) is 18.1. The van der Waals surface area contributed by atoms with Crippen molar-refractivity contribution < 1.29 is 19.4 Å². The first-order chi connectivity index (χ1) is 14.0. The van der Waals surface area contributed by atoms with E-state index in [2.05, 4.69) is 29.3 Å². The summed E-state index contributed by atoms with van der Waals surface area (Å²) in [6.07, 6.45) is 4.82. The van der Waals surface area contributed by atoms with Crippen molar-refractivity contribution in [1.82, 2.24) is 4.90 Å². The Hall–Kier alpha value is -2.31. The zero-order chi connectivity index (χ0) is 20.8. The van der Waals surface area contributed by atoms with Crippen LogP contribution in [0.1, 0.15) is 35.3 Å². The SMILES string of the molecule is COc1ccc(OC)c(/C(=C/CCN2CCCC(C(=O)O)C2)c2sccc2C)c1. The Morgan fingerprint density at radius 2 is 2.14 bits per heavy atom. The van der Waals surface area contributed by atoms with Gasteiger partial charge in [0, 0.05) is 23.5 Å².